The van der Waals surface area contributed by atoms with Crippen LogP contribution in [0.15, 0.2) is 36.5 Å². The van der Waals surface area contributed by atoms with E-state index in [0.29, 0.717) is 16.8 Å². The Morgan fingerprint density at radius 3 is 2.41 bits per heavy atom. The molecule has 0 bridgehead atoms. The number of likely N-dealkylation sites (N-methyl/N-ethyl adjacent to an activating group) is 2. The number of aliphatic hydroxyl groups excluding tert-OH is 1. The molecule has 1 aromatic carbocycles. The standard InChI is InChI=1S/C19H20N4O4/c1-20-18(26)17(16(25)12-24)23(3)19(27)14-7-4-13(5-8-14)6-9-15-10-11-22(2)21-15/h4-5,7-8,10-11,17,24H,12H2,1-3H3,(H,20,26). The number of nitrogens with zero attached hydrogens (tertiary/aromatic N) is 3. The van der Waals surface area contributed by atoms with Gasteiger partial charge in [0, 0.05) is 38.5 Å². The largest absolute Gasteiger partial charge is 0.388 e. The van der Waals surface area contributed by atoms with Gasteiger partial charge in [0.15, 0.2) is 11.8 Å². The smallest absolute Gasteiger partial charge is 0.254 e. The molecule has 8 nitrogen and oxygen atoms in total. The van der Waals surface area contributed by atoms with Crippen LogP contribution in [0.5, 0.6) is 0 Å². The number of nitrogens with one attached hydrogen (secondary N) is 1. The summed E-state index contributed by atoms with van der Waals surface area (Å²) in [7, 11) is 4.49. The SMILES string of the molecule is CNC(=O)C(C(=O)CO)N(C)C(=O)c1ccc(C#Cc2ccn(C)n2)cc1. The molecule has 0 saturated heterocycles. The second-order valence-corrected chi connectivity index (χ2v) is 5.76. The number of Topliss-reactive ketones (excluding diaryl/α,β-unsaturated/α-hetero) is 1. The molecular weight excluding hydrogens is 348 g/mol. The molecule has 2 amide bonds. The first kappa shape index (κ1) is 19.9. The van der Waals surface area contributed by atoms with Crippen molar-refractivity contribution in [2.24, 2.45) is 7.05 Å². The number of benzene rings is 1. The average Bonchev–Trinajstić information content (AvgIpc) is 3.11. The second kappa shape index (κ2) is 8.78. The fraction of sp³-hybridized carbons (Fsp3) is 0.263. The number of carbonyl (C=O) groups excluding carboxylic acids is 3. The van der Waals surface area contributed by atoms with Crippen molar-refractivity contribution in [2.75, 3.05) is 20.7 Å². The number of carbonyl (C=O) groups is 3. The predicted molar refractivity (Wildman–Crippen MR) is 97.7 cm³/mol. The first-order valence-corrected chi connectivity index (χ1v) is 8.11. The minimum absolute atomic E-state index is 0.292. The number of aryl methyl sites for hydroxylation is 1. The van der Waals surface area contributed by atoms with E-state index in [0.717, 1.165) is 4.90 Å². The van der Waals surface area contributed by atoms with E-state index in [1.807, 2.05) is 0 Å². The molecule has 0 saturated carbocycles. The first-order valence-electron chi connectivity index (χ1n) is 8.11. The Labute approximate surface area is 156 Å². The zero-order chi connectivity index (χ0) is 20.0. The van der Waals surface area contributed by atoms with Gasteiger partial charge in [-0.25, -0.2) is 0 Å². The van der Waals surface area contributed by atoms with E-state index in [2.05, 4.69) is 22.3 Å². The van der Waals surface area contributed by atoms with Crippen molar-refractivity contribution in [2.45, 2.75) is 6.04 Å². The summed E-state index contributed by atoms with van der Waals surface area (Å²) < 4.78 is 1.65. The highest BCUT2D eigenvalue weighted by Crippen LogP contribution is 2.10. The van der Waals surface area contributed by atoms with Gasteiger partial charge in [0.2, 0.25) is 5.91 Å². The summed E-state index contributed by atoms with van der Waals surface area (Å²) in [5, 5.41) is 15.5. The Morgan fingerprint density at radius 1 is 1.22 bits per heavy atom. The lowest BCUT2D eigenvalue weighted by Crippen LogP contribution is -2.52. The molecule has 0 aliphatic carbocycles. The van der Waals surface area contributed by atoms with E-state index in [1.54, 1.807) is 48.3 Å². The highest BCUT2D eigenvalue weighted by Gasteiger charge is 2.32. The summed E-state index contributed by atoms with van der Waals surface area (Å²) in [6.07, 6.45) is 1.79. The molecule has 0 spiro atoms. The summed E-state index contributed by atoms with van der Waals surface area (Å²) in [6.45, 7) is -0.836. The van der Waals surface area contributed by atoms with E-state index >= 15 is 0 Å². The van der Waals surface area contributed by atoms with Gasteiger partial charge in [-0.15, -0.1) is 0 Å². The fourth-order valence-corrected chi connectivity index (χ4v) is 2.40. The molecule has 0 aliphatic heterocycles. The molecule has 1 unspecified atom stereocenters. The molecule has 1 atom stereocenters. The Kier molecular flexibility index (Phi) is 6.46. The van der Waals surface area contributed by atoms with Crippen molar-refractivity contribution in [3.63, 3.8) is 0 Å². The highest BCUT2D eigenvalue weighted by molar-refractivity contribution is 6.10. The van der Waals surface area contributed by atoms with Crippen molar-refractivity contribution < 1.29 is 19.5 Å². The van der Waals surface area contributed by atoms with Crippen LogP contribution < -0.4 is 5.32 Å². The molecule has 0 fully saturated rings. The quantitative estimate of drug-likeness (QED) is 0.550. The van der Waals surface area contributed by atoms with Gasteiger partial charge >= 0.3 is 0 Å². The van der Waals surface area contributed by atoms with Crippen LogP contribution in [-0.4, -0.2) is 64.1 Å². The van der Waals surface area contributed by atoms with E-state index < -0.39 is 30.2 Å². The van der Waals surface area contributed by atoms with Gasteiger partial charge in [-0.2, -0.15) is 5.10 Å². The number of hydrogen-bond donors (Lipinski definition) is 2. The van der Waals surface area contributed by atoms with Crippen LogP contribution in [0.1, 0.15) is 21.6 Å². The third-order valence-corrected chi connectivity index (χ3v) is 3.84. The average molecular weight is 368 g/mol. The van der Waals surface area contributed by atoms with Crippen molar-refractivity contribution in [3.8, 4) is 11.8 Å². The molecule has 0 radical (unpaired) electrons. The molecule has 1 aromatic heterocycles. The number of aromatic nitrogens is 2. The third kappa shape index (κ3) is 4.80. The maximum Gasteiger partial charge on any atom is 0.254 e. The van der Waals surface area contributed by atoms with Crippen molar-refractivity contribution in [1.82, 2.24) is 20.0 Å². The lowest BCUT2D eigenvalue weighted by molar-refractivity contribution is -0.135. The predicted octanol–water partition coefficient (Wildman–Crippen LogP) is -0.432. The number of amides is 2. The van der Waals surface area contributed by atoms with Crippen LogP contribution in [0.2, 0.25) is 0 Å². The molecule has 140 valence electrons. The van der Waals surface area contributed by atoms with E-state index in [-0.39, 0.29) is 0 Å². The minimum Gasteiger partial charge on any atom is -0.388 e. The van der Waals surface area contributed by atoms with Gasteiger partial charge in [0.1, 0.15) is 12.3 Å². The van der Waals surface area contributed by atoms with Crippen LogP contribution in [0.4, 0.5) is 0 Å². The normalized spacial score (nSPS) is 11.1. The van der Waals surface area contributed by atoms with E-state index in [4.69, 9.17) is 5.11 Å². The first-order chi connectivity index (χ1) is 12.9. The Hall–Kier alpha value is -3.44. The molecular formula is C19H20N4O4. The second-order valence-electron chi connectivity index (χ2n) is 5.76. The maximum atomic E-state index is 12.6. The number of aliphatic hydroxyl groups is 1. The zero-order valence-corrected chi connectivity index (χ0v) is 15.3. The Bertz CT molecular complexity index is 890. The van der Waals surface area contributed by atoms with Crippen LogP contribution >= 0.6 is 0 Å². The minimum atomic E-state index is -1.39. The van der Waals surface area contributed by atoms with E-state index in [9.17, 15) is 14.4 Å². The summed E-state index contributed by atoms with van der Waals surface area (Å²) in [5.41, 5.74) is 1.61. The van der Waals surface area contributed by atoms with E-state index in [1.165, 1.54) is 14.1 Å². The number of hydrogen-bond acceptors (Lipinski definition) is 5. The van der Waals surface area contributed by atoms with Gasteiger partial charge in [0.05, 0.1) is 0 Å². The highest BCUT2D eigenvalue weighted by atomic mass is 16.3. The van der Waals surface area contributed by atoms with Gasteiger partial charge in [-0.05, 0) is 36.3 Å². The topological polar surface area (TPSA) is 105 Å². The summed E-state index contributed by atoms with van der Waals surface area (Å²) in [4.78, 5) is 37.3. The zero-order valence-electron chi connectivity index (χ0n) is 15.3. The summed E-state index contributed by atoms with van der Waals surface area (Å²) in [5.74, 6) is 3.91. The molecule has 1 heterocycles. The van der Waals surface area contributed by atoms with Crippen molar-refractivity contribution in [3.05, 3.63) is 53.3 Å². The van der Waals surface area contributed by atoms with Crippen LogP contribution in [0.3, 0.4) is 0 Å². The lowest BCUT2D eigenvalue weighted by atomic mass is 10.1. The molecule has 27 heavy (non-hydrogen) atoms. The maximum absolute atomic E-state index is 12.6. The Morgan fingerprint density at radius 2 is 1.89 bits per heavy atom. The monoisotopic (exact) mass is 368 g/mol. The van der Waals surface area contributed by atoms with Gasteiger partial charge in [0.25, 0.3) is 5.91 Å². The Balaban J connectivity index is 2.17. The van der Waals surface area contributed by atoms with Crippen molar-refractivity contribution in [1.29, 1.82) is 0 Å². The van der Waals surface area contributed by atoms with Crippen molar-refractivity contribution >= 4 is 17.6 Å². The van der Waals surface area contributed by atoms with Crippen LogP contribution in [0, 0.1) is 11.8 Å². The third-order valence-electron chi connectivity index (χ3n) is 3.84. The fourth-order valence-electron chi connectivity index (χ4n) is 2.40. The lowest BCUT2D eigenvalue weighted by Gasteiger charge is -2.25. The molecule has 2 N–H and O–H groups in total. The number of ketones is 1. The number of rotatable bonds is 5. The molecule has 2 rings (SSSR count). The van der Waals surface area contributed by atoms with Gasteiger partial charge in [-0.3, -0.25) is 19.1 Å². The van der Waals surface area contributed by atoms with Crippen LogP contribution in [0.25, 0.3) is 0 Å². The molecule has 8 heteroatoms. The summed E-state index contributed by atoms with van der Waals surface area (Å²) in [6, 6.07) is 6.85. The van der Waals surface area contributed by atoms with Crippen LogP contribution in [-0.2, 0) is 16.6 Å². The molecule has 0 aliphatic rings. The van der Waals surface area contributed by atoms with Gasteiger partial charge in [-0.1, -0.05) is 5.92 Å². The summed E-state index contributed by atoms with van der Waals surface area (Å²) >= 11 is 0. The van der Waals surface area contributed by atoms with Gasteiger partial charge < -0.3 is 15.3 Å². The molecule has 2 aromatic rings.